The third-order valence-corrected chi connectivity index (χ3v) is 2.80. The van der Waals surface area contributed by atoms with Crippen molar-refractivity contribution in [1.29, 1.82) is 0 Å². The van der Waals surface area contributed by atoms with Gasteiger partial charge in [-0.25, -0.2) is 4.79 Å². The lowest BCUT2D eigenvalue weighted by atomic mass is 10.1. The first kappa shape index (κ1) is 12.3. The second kappa shape index (κ2) is 6.67. The van der Waals surface area contributed by atoms with Gasteiger partial charge < -0.3 is 15.4 Å². The van der Waals surface area contributed by atoms with Gasteiger partial charge in [-0.3, -0.25) is 0 Å². The Bertz CT molecular complexity index is 197. The molecule has 1 rings (SSSR count). The molecule has 4 heteroatoms. The zero-order valence-electron chi connectivity index (χ0n) is 9.71. The highest BCUT2D eigenvalue weighted by Crippen LogP contribution is 2.24. The first-order valence-electron chi connectivity index (χ1n) is 5.86. The molecule has 2 atom stereocenters. The molecule has 0 aromatic heterocycles. The maximum Gasteiger partial charge on any atom is 0.407 e. The fourth-order valence-electron chi connectivity index (χ4n) is 2.02. The summed E-state index contributed by atoms with van der Waals surface area (Å²) in [7, 11) is 0. The number of amides is 1. The van der Waals surface area contributed by atoms with Gasteiger partial charge in [0.05, 0.1) is 6.61 Å². The summed E-state index contributed by atoms with van der Waals surface area (Å²) in [5, 5.41) is 6.13. The zero-order valence-corrected chi connectivity index (χ0v) is 9.71. The number of alkyl carbamates (subject to hydrolysis) is 1. The Kier molecular flexibility index (Phi) is 5.47. The smallest absolute Gasteiger partial charge is 0.407 e. The standard InChI is InChI=1S/C11H22N2O2/c1-3-15-11(14)13-7-6-12-10-5-4-9(2)8-10/h9-10,12H,3-8H2,1-2H3,(H,13,14). The minimum atomic E-state index is -0.320. The second-order valence-electron chi connectivity index (χ2n) is 4.22. The molecule has 1 saturated carbocycles. The van der Waals surface area contributed by atoms with E-state index in [9.17, 15) is 4.79 Å². The van der Waals surface area contributed by atoms with Crippen LogP contribution in [0.4, 0.5) is 4.79 Å². The Morgan fingerprint density at radius 3 is 2.80 bits per heavy atom. The van der Waals surface area contributed by atoms with Gasteiger partial charge in [-0.15, -0.1) is 0 Å². The van der Waals surface area contributed by atoms with Crippen LogP contribution in [-0.4, -0.2) is 31.8 Å². The average molecular weight is 214 g/mol. The highest BCUT2D eigenvalue weighted by Gasteiger charge is 2.20. The van der Waals surface area contributed by atoms with Crippen LogP contribution in [-0.2, 0) is 4.74 Å². The number of rotatable bonds is 5. The van der Waals surface area contributed by atoms with Crippen LogP contribution in [0, 0.1) is 5.92 Å². The molecule has 0 aromatic rings. The Hall–Kier alpha value is -0.770. The third kappa shape index (κ3) is 5.02. The molecule has 0 radical (unpaired) electrons. The lowest BCUT2D eigenvalue weighted by molar-refractivity contribution is 0.152. The van der Waals surface area contributed by atoms with E-state index in [1.54, 1.807) is 6.92 Å². The summed E-state index contributed by atoms with van der Waals surface area (Å²) in [5.41, 5.74) is 0. The van der Waals surface area contributed by atoms with Gasteiger partial charge in [-0.2, -0.15) is 0 Å². The Balaban J connectivity index is 1.95. The zero-order chi connectivity index (χ0) is 11.1. The van der Waals surface area contributed by atoms with Crippen molar-refractivity contribution in [2.24, 2.45) is 5.92 Å². The third-order valence-electron chi connectivity index (χ3n) is 2.80. The van der Waals surface area contributed by atoms with Crippen LogP contribution >= 0.6 is 0 Å². The molecule has 0 aliphatic heterocycles. The molecular formula is C11H22N2O2. The van der Waals surface area contributed by atoms with Crippen molar-refractivity contribution in [1.82, 2.24) is 10.6 Å². The summed E-state index contributed by atoms with van der Waals surface area (Å²) >= 11 is 0. The molecule has 0 spiro atoms. The molecular weight excluding hydrogens is 192 g/mol. The maximum atomic E-state index is 10.9. The lowest BCUT2D eigenvalue weighted by Crippen LogP contribution is -2.36. The molecule has 0 saturated heterocycles. The molecule has 15 heavy (non-hydrogen) atoms. The summed E-state index contributed by atoms with van der Waals surface area (Å²) in [6.45, 7) is 6.00. The van der Waals surface area contributed by atoms with Gasteiger partial charge in [0.1, 0.15) is 0 Å². The predicted molar refractivity (Wildman–Crippen MR) is 59.8 cm³/mol. The Morgan fingerprint density at radius 1 is 1.40 bits per heavy atom. The minimum Gasteiger partial charge on any atom is -0.450 e. The Labute approximate surface area is 91.8 Å². The minimum absolute atomic E-state index is 0.320. The van der Waals surface area contributed by atoms with E-state index in [0.29, 0.717) is 19.2 Å². The van der Waals surface area contributed by atoms with E-state index in [4.69, 9.17) is 4.74 Å². The number of hydrogen-bond acceptors (Lipinski definition) is 3. The van der Waals surface area contributed by atoms with Crippen LogP contribution in [0.25, 0.3) is 0 Å². The molecule has 0 bridgehead atoms. The van der Waals surface area contributed by atoms with E-state index in [2.05, 4.69) is 17.6 Å². The van der Waals surface area contributed by atoms with Gasteiger partial charge in [0.15, 0.2) is 0 Å². The summed E-state index contributed by atoms with van der Waals surface area (Å²) in [6.07, 6.45) is 3.53. The van der Waals surface area contributed by atoms with Crippen LogP contribution in [0.3, 0.4) is 0 Å². The van der Waals surface area contributed by atoms with Crippen LogP contribution in [0.1, 0.15) is 33.1 Å². The van der Waals surface area contributed by atoms with Crippen LogP contribution < -0.4 is 10.6 Å². The molecule has 2 N–H and O–H groups in total. The largest absolute Gasteiger partial charge is 0.450 e. The van der Waals surface area contributed by atoms with E-state index in [1.807, 2.05) is 0 Å². The number of hydrogen-bond donors (Lipinski definition) is 2. The van der Waals surface area contributed by atoms with Crippen molar-refractivity contribution in [3.8, 4) is 0 Å². The van der Waals surface area contributed by atoms with Crippen LogP contribution in [0.15, 0.2) is 0 Å². The molecule has 4 nitrogen and oxygen atoms in total. The SMILES string of the molecule is CCOC(=O)NCCNC1CCC(C)C1. The molecule has 1 aliphatic carbocycles. The first-order valence-corrected chi connectivity index (χ1v) is 5.86. The number of ether oxygens (including phenoxy) is 1. The quantitative estimate of drug-likeness (QED) is 0.682. The van der Waals surface area contributed by atoms with Gasteiger partial charge in [0, 0.05) is 19.1 Å². The summed E-state index contributed by atoms with van der Waals surface area (Å²) in [4.78, 5) is 10.9. The van der Waals surface area contributed by atoms with Crippen LogP contribution in [0.2, 0.25) is 0 Å². The molecule has 2 unspecified atom stereocenters. The van der Waals surface area contributed by atoms with E-state index < -0.39 is 0 Å². The van der Waals surface area contributed by atoms with Crippen molar-refractivity contribution in [3.63, 3.8) is 0 Å². The Morgan fingerprint density at radius 2 is 2.20 bits per heavy atom. The molecule has 1 fully saturated rings. The van der Waals surface area contributed by atoms with Crippen LogP contribution in [0.5, 0.6) is 0 Å². The van der Waals surface area contributed by atoms with Crippen molar-refractivity contribution in [2.75, 3.05) is 19.7 Å². The second-order valence-corrected chi connectivity index (χ2v) is 4.22. The molecule has 1 aliphatic rings. The highest BCUT2D eigenvalue weighted by molar-refractivity contribution is 5.66. The molecule has 0 aromatic carbocycles. The van der Waals surface area contributed by atoms with Gasteiger partial charge in [0.25, 0.3) is 0 Å². The number of carbonyl (C=O) groups excluding carboxylic acids is 1. The fraction of sp³-hybridized carbons (Fsp3) is 0.909. The normalized spacial score (nSPS) is 25.2. The predicted octanol–water partition coefficient (Wildman–Crippen LogP) is 1.51. The first-order chi connectivity index (χ1) is 7.22. The van der Waals surface area contributed by atoms with Crippen molar-refractivity contribution < 1.29 is 9.53 Å². The van der Waals surface area contributed by atoms with Crippen molar-refractivity contribution in [2.45, 2.75) is 39.2 Å². The topological polar surface area (TPSA) is 50.4 Å². The van der Waals surface area contributed by atoms with Gasteiger partial charge in [0.2, 0.25) is 0 Å². The van der Waals surface area contributed by atoms with Crippen molar-refractivity contribution in [3.05, 3.63) is 0 Å². The van der Waals surface area contributed by atoms with E-state index in [0.717, 1.165) is 12.5 Å². The molecule has 1 amide bonds. The number of carbonyl (C=O) groups is 1. The monoisotopic (exact) mass is 214 g/mol. The summed E-state index contributed by atoms with van der Waals surface area (Å²) in [6, 6.07) is 0.643. The van der Waals surface area contributed by atoms with E-state index >= 15 is 0 Å². The summed E-state index contributed by atoms with van der Waals surface area (Å²) in [5.74, 6) is 0.848. The highest BCUT2D eigenvalue weighted by atomic mass is 16.5. The number of nitrogens with one attached hydrogen (secondary N) is 2. The lowest BCUT2D eigenvalue weighted by Gasteiger charge is -2.12. The summed E-state index contributed by atoms with van der Waals surface area (Å²) < 4.78 is 4.75. The van der Waals surface area contributed by atoms with E-state index in [-0.39, 0.29) is 6.09 Å². The van der Waals surface area contributed by atoms with E-state index in [1.165, 1.54) is 19.3 Å². The fourth-order valence-corrected chi connectivity index (χ4v) is 2.02. The maximum absolute atomic E-state index is 10.9. The van der Waals surface area contributed by atoms with Gasteiger partial charge in [-0.1, -0.05) is 6.92 Å². The van der Waals surface area contributed by atoms with Crippen molar-refractivity contribution >= 4 is 6.09 Å². The van der Waals surface area contributed by atoms with Gasteiger partial charge in [-0.05, 0) is 32.1 Å². The average Bonchev–Trinajstić information content (AvgIpc) is 2.60. The molecule has 0 heterocycles. The molecule has 88 valence electrons. The van der Waals surface area contributed by atoms with Gasteiger partial charge >= 0.3 is 6.09 Å².